The van der Waals surface area contributed by atoms with Crippen LogP contribution in [0.15, 0.2) is 97.2 Å². The monoisotopic (exact) mass is 835 g/mol. The van der Waals surface area contributed by atoms with Crippen LogP contribution in [0.2, 0.25) is 0 Å². The molecule has 58 heavy (non-hydrogen) atoms. The number of rotatable bonds is 38. The van der Waals surface area contributed by atoms with Crippen LogP contribution in [-0.4, -0.2) is 76.9 Å². The van der Waals surface area contributed by atoms with Gasteiger partial charge in [0.2, 0.25) is 0 Å². The summed E-state index contributed by atoms with van der Waals surface area (Å²) in [6, 6.07) is 0. The van der Waals surface area contributed by atoms with Crippen molar-refractivity contribution in [1.82, 2.24) is 0 Å². The summed E-state index contributed by atoms with van der Waals surface area (Å²) in [4.78, 5) is 34.9. The van der Waals surface area contributed by atoms with Crippen molar-refractivity contribution in [3.8, 4) is 0 Å². The first-order chi connectivity index (χ1) is 28.1. The molecule has 0 fully saturated rings. The molecule has 12 heteroatoms. The third-order valence-corrected chi connectivity index (χ3v) is 9.27. The van der Waals surface area contributed by atoms with Crippen LogP contribution in [0.4, 0.5) is 0 Å². The van der Waals surface area contributed by atoms with Crippen LogP contribution in [0.5, 0.6) is 0 Å². The highest BCUT2D eigenvalue weighted by Gasteiger charge is 2.27. The third-order valence-electron chi connectivity index (χ3n) is 8.32. The van der Waals surface area contributed by atoms with Crippen molar-refractivity contribution in [2.75, 3.05) is 26.4 Å². The highest BCUT2D eigenvalue weighted by Crippen LogP contribution is 2.43. The first-order valence-electron chi connectivity index (χ1n) is 21.3. The van der Waals surface area contributed by atoms with Gasteiger partial charge in [-0.3, -0.25) is 18.6 Å². The second-order valence-electron chi connectivity index (χ2n) is 13.8. The topological polar surface area (TPSA) is 169 Å². The number of carbonyl (C=O) groups excluding carboxylic acids is 2. The van der Waals surface area contributed by atoms with Crippen molar-refractivity contribution in [2.24, 2.45) is 0 Å². The Bertz CT molecular complexity index is 1300. The molecule has 0 aromatic carbocycles. The zero-order valence-corrected chi connectivity index (χ0v) is 36.2. The number of allylic oxidation sites excluding steroid dienone is 14. The van der Waals surface area contributed by atoms with E-state index in [0.29, 0.717) is 19.3 Å². The number of esters is 2. The molecule has 0 saturated heterocycles. The van der Waals surface area contributed by atoms with Gasteiger partial charge in [-0.25, -0.2) is 4.57 Å². The quantitative estimate of drug-likeness (QED) is 0.0154. The highest BCUT2D eigenvalue weighted by atomic mass is 31.2. The van der Waals surface area contributed by atoms with Gasteiger partial charge in [0, 0.05) is 12.8 Å². The van der Waals surface area contributed by atoms with Crippen molar-refractivity contribution in [3.05, 3.63) is 97.2 Å². The van der Waals surface area contributed by atoms with E-state index in [4.69, 9.17) is 19.1 Å². The van der Waals surface area contributed by atoms with Crippen molar-refractivity contribution < 1.29 is 52.9 Å². The number of aliphatic hydroxyl groups is 3. The van der Waals surface area contributed by atoms with E-state index >= 15 is 0 Å². The van der Waals surface area contributed by atoms with Gasteiger partial charge >= 0.3 is 19.8 Å². The number of hydrogen-bond donors (Lipinski definition) is 4. The molecule has 0 aliphatic rings. The minimum absolute atomic E-state index is 0.0398. The lowest BCUT2D eigenvalue weighted by Gasteiger charge is -2.20. The molecule has 0 bridgehead atoms. The smallest absolute Gasteiger partial charge is 0.462 e. The molecule has 4 atom stereocenters. The van der Waals surface area contributed by atoms with E-state index in [1.54, 1.807) is 6.08 Å². The first kappa shape index (κ1) is 54.9. The van der Waals surface area contributed by atoms with E-state index in [-0.39, 0.29) is 19.4 Å². The third kappa shape index (κ3) is 39.7. The van der Waals surface area contributed by atoms with Crippen molar-refractivity contribution in [1.29, 1.82) is 0 Å². The molecule has 0 radical (unpaired) electrons. The fourth-order valence-electron chi connectivity index (χ4n) is 5.01. The van der Waals surface area contributed by atoms with Crippen LogP contribution >= 0.6 is 7.82 Å². The summed E-state index contributed by atoms with van der Waals surface area (Å²) in [7, 11) is -4.66. The van der Waals surface area contributed by atoms with Crippen LogP contribution in [0.3, 0.4) is 0 Å². The van der Waals surface area contributed by atoms with Crippen molar-refractivity contribution >= 4 is 19.8 Å². The van der Waals surface area contributed by atoms with Gasteiger partial charge in [-0.05, 0) is 77.0 Å². The summed E-state index contributed by atoms with van der Waals surface area (Å²) in [5, 5.41) is 28.2. The number of unbranched alkanes of at least 4 members (excludes halogenated alkanes) is 8. The molecule has 0 aromatic rings. The maximum atomic E-state index is 12.6. The fraction of sp³-hybridized carbons (Fsp3) is 0.609. The summed E-state index contributed by atoms with van der Waals surface area (Å²) in [6.45, 7) is 1.99. The van der Waals surface area contributed by atoms with Crippen molar-refractivity contribution in [2.45, 2.75) is 154 Å². The highest BCUT2D eigenvalue weighted by molar-refractivity contribution is 7.47. The van der Waals surface area contributed by atoms with Gasteiger partial charge < -0.3 is 29.7 Å². The Hall–Kier alpha value is -3.15. The van der Waals surface area contributed by atoms with E-state index in [9.17, 15) is 29.3 Å². The van der Waals surface area contributed by atoms with Crippen molar-refractivity contribution in [3.63, 3.8) is 0 Å². The molecule has 0 aromatic heterocycles. The van der Waals surface area contributed by atoms with Crippen LogP contribution < -0.4 is 0 Å². The summed E-state index contributed by atoms with van der Waals surface area (Å²) < 4.78 is 32.5. The summed E-state index contributed by atoms with van der Waals surface area (Å²) in [5.41, 5.74) is 0. The molecular weight excluding hydrogens is 759 g/mol. The predicted molar refractivity (Wildman–Crippen MR) is 234 cm³/mol. The van der Waals surface area contributed by atoms with Crippen LogP contribution in [0, 0.1) is 0 Å². The maximum absolute atomic E-state index is 12.6. The SMILES string of the molecule is CC/C=C/CC(O)/C=C/C=C/CCCCCCCC(=O)OC[C@H](COP(=O)(O)OC[C@@H](O)CO)OC(=O)CC/C=C\C/C=C\C/C=C\C/C=C\C/C=C\CCCCC. The van der Waals surface area contributed by atoms with E-state index in [0.717, 1.165) is 70.6 Å². The molecule has 0 heterocycles. The average Bonchev–Trinajstić information content (AvgIpc) is 3.20. The second kappa shape index (κ2) is 40.6. The normalized spacial score (nSPS) is 15.3. The van der Waals surface area contributed by atoms with Gasteiger partial charge in [0.15, 0.2) is 6.10 Å². The number of hydrogen-bond acceptors (Lipinski definition) is 10. The van der Waals surface area contributed by atoms with Gasteiger partial charge in [-0.15, -0.1) is 0 Å². The number of phosphoric ester groups is 1. The molecule has 0 rings (SSSR count). The second-order valence-corrected chi connectivity index (χ2v) is 15.3. The number of aliphatic hydroxyl groups excluding tert-OH is 3. The van der Waals surface area contributed by atoms with E-state index < -0.39 is 57.9 Å². The standard InChI is InChI=1S/C46H75O11P/c1-3-5-7-8-9-10-11-12-13-14-15-16-17-18-19-22-26-29-33-37-46(51)57-44(41-56-58(52,53)55-39-43(49)38-47)40-54-45(50)36-32-28-25-23-20-21-24-27-31-35-42(48)34-30-6-4-2/h6,9-10,12-13,15-16,18-19,24,26-27,29-31,35,42-44,47-49H,3-5,7-8,11,14,17,20-23,25,28,32-34,36-41H2,1-2H3,(H,52,53)/b10-9-,13-12-,16-15-,19-18-,27-24+,29-26-,30-6+,35-31+/t42?,43-,44+/m0/s1. The summed E-state index contributed by atoms with van der Waals surface area (Å²) >= 11 is 0. The molecular formula is C46H75O11P. The summed E-state index contributed by atoms with van der Waals surface area (Å²) in [6.07, 6.45) is 45.7. The number of ether oxygens (including phenoxy) is 2. The van der Waals surface area contributed by atoms with Gasteiger partial charge in [-0.2, -0.15) is 0 Å². The van der Waals surface area contributed by atoms with Crippen LogP contribution in [0.25, 0.3) is 0 Å². The number of phosphoric acid groups is 1. The maximum Gasteiger partial charge on any atom is 0.472 e. The molecule has 0 aliphatic carbocycles. The Labute approximate surface area is 349 Å². The lowest BCUT2D eigenvalue weighted by molar-refractivity contribution is -0.161. The van der Waals surface area contributed by atoms with Gasteiger partial charge in [-0.1, -0.05) is 143 Å². The zero-order chi connectivity index (χ0) is 42.8. The van der Waals surface area contributed by atoms with Gasteiger partial charge in [0.25, 0.3) is 0 Å². The predicted octanol–water partition coefficient (Wildman–Crippen LogP) is 10.2. The molecule has 4 N–H and O–H groups in total. The summed E-state index contributed by atoms with van der Waals surface area (Å²) in [5.74, 6) is -1.09. The Morgan fingerprint density at radius 3 is 1.81 bits per heavy atom. The first-order valence-corrected chi connectivity index (χ1v) is 22.8. The molecule has 330 valence electrons. The Balaban J connectivity index is 4.52. The lowest BCUT2D eigenvalue weighted by atomic mass is 10.1. The minimum Gasteiger partial charge on any atom is -0.462 e. The molecule has 11 nitrogen and oxygen atoms in total. The van der Waals surface area contributed by atoms with E-state index in [2.05, 4.69) is 73.1 Å². The Morgan fingerprint density at radius 1 is 0.603 bits per heavy atom. The van der Waals surface area contributed by atoms with Crippen LogP contribution in [0.1, 0.15) is 136 Å². The Kier molecular flexibility index (Phi) is 38.4. The molecule has 2 unspecified atom stereocenters. The molecule has 0 amide bonds. The largest absolute Gasteiger partial charge is 0.472 e. The zero-order valence-electron chi connectivity index (χ0n) is 35.3. The van der Waals surface area contributed by atoms with E-state index in [1.165, 1.54) is 19.3 Å². The molecule has 0 aliphatic heterocycles. The average molecular weight is 835 g/mol. The van der Waals surface area contributed by atoms with E-state index in [1.807, 2.05) is 36.5 Å². The van der Waals surface area contributed by atoms with Crippen LogP contribution in [-0.2, 0) is 32.7 Å². The fourth-order valence-corrected chi connectivity index (χ4v) is 5.80. The minimum atomic E-state index is -4.66. The lowest BCUT2D eigenvalue weighted by Crippen LogP contribution is -2.29. The Morgan fingerprint density at radius 2 is 1.17 bits per heavy atom. The number of carbonyl (C=O) groups is 2. The molecule has 0 saturated carbocycles. The van der Waals surface area contributed by atoms with Gasteiger partial charge in [0.05, 0.1) is 25.9 Å². The van der Waals surface area contributed by atoms with Gasteiger partial charge in [0.1, 0.15) is 12.7 Å². The molecule has 0 spiro atoms.